The average molecular weight is 395 g/mol. The van der Waals surface area contributed by atoms with Crippen LogP contribution in [-0.2, 0) is 14.8 Å². The summed E-state index contributed by atoms with van der Waals surface area (Å²) < 4.78 is 26.7. The Balaban J connectivity index is 1.50. The lowest BCUT2D eigenvalue weighted by molar-refractivity contribution is -0.120. The molecule has 2 aromatic rings. The van der Waals surface area contributed by atoms with Crippen LogP contribution in [-0.4, -0.2) is 45.0 Å². The lowest BCUT2D eigenvalue weighted by Gasteiger charge is -2.17. The maximum absolute atomic E-state index is 12.2. The first kappa shape index (κ1) is 18.6. The van der Waals surface area contributed by atoms with Gasteiger partial charge in [0.2, 0.25) is 15.9 Å². The zero-order valence-corrected chi connectivity index (χ0v) is 15.5. The summed E-state index contributed by atoms with van der Waals surface area (Å²) in [5.74, 6) is 0.495. The Morgan fingerprint density at radius 3 is 2.85 bits per heavy atom. The van der Waals surface area contributed by atoms with Crippen LogP contribution in [0.1, 0.15) is 6.42 Å². The van der Waals surface area contributed by atoms with Gasteiger partial charge in [-0.05, 0) is 36.8 Å². The molecule has 0 unspecified atom stereocenters. The number of carbonyl (C=O) groups is 1. The molecule has 2 heterocycles. The molecule has 1 aliphatic heterocycles. The summed E-state index contributed by atoms with van der Waals surface area (Å²) in [5, 5.41) is 3.17. The standard InChI is InChI=1S/C17H19ClN4O3S/c18-13-4-3-5-15(10-13)26(24,25)20-11-17(23)21-14-7-9-22(12-14)16-6-1-2-8-19-16/h1-6,8,10,14,20H,7,9,11-12H2,(H,21,23)/t14-/m0/s1. The summed E-state index contributed by atoms with van der Waals surface area (Å²) >= 11 is 5.81. The van der Waals surface area contributed by atoms with Gasteiger partial charge in [0.25, 0.3) is 0 Å². The smallest absolute Gasteiger partial charge is 0.241 e. The number of hydrogen-bond acceptors (Lipinski definition) is 5. The van der Waals surface area contributed by atoms with Crippen LogP contribution in [0.4, 0.5) is 5.82 Å². The zero-order chi connectivity index (χ0) is 18.6. The third-order valence-corrected chi connectivity index (χ3v) is 5.69. The second-order valence-corrected chi connectivity index (χ2v) is 8.17. The Morgan fingerprint density at radius 1 is 1.27 bits per heavy atom. The van der Waals surface area contributed by atoms with Crippen molar-refractivity contribution in [1.82, 2.24) is 15.0 Å². The SMILES string of the molecule is O=C(CNS(=O)(=O)c1cccc(Cl)c1)N[C@H]1CCN(c2ccccn2)C1. The van der Waals surface area contributed by atoms with E-state index >= 15 is 0 Å². The zero-order valence-electron chi connectivity index (χ0n) is 13.9. The molecule has 0 spiro atoms. The van der Waals surface area contributed by atoms with Crippen molar-refractivity contribution in [1.29, 1.82) is 0 Å². The molecule has 0 radical (unpaired) electrons. The molecule has 1 atom stereocenters. The van der Waals surface area contributed by atoms with Crippen molar-refractivity contribution >= 4 is 33.3 Å². The Morgan fingerprint density at radius 2 is 2.12 bits per heavy atom. The number of benzene rings is 1. The van der Waals surface area contributed by atoms with Crippen LogP contribution < -0.4 is 14.9 Å². The minimum atomic E-state index is -3.78. The van der Waals surface area contributed by atoms with Gasteiger partial charge in [-0.1, -0.05) is 23.7 Å². The molecule has 138 valence electrons. The highest BCUT2D eigenvalue weighted by Crippen LogP contribution is 2.17. The molecule has 1 fully saturated rings. The van der Waals surface area contributed by atoms with Crippen molar-refractivity contribution in [3.63, 3.8) is 0 Å². The van der Waals surface area contributed by atoms with Gasteiger partial charge in [-0.25, -0.2) is 18.1 Å². The van der Waals surface area contributed by atoms with Crippen LogP contribution in [0.3, 0.4) is 0 Å². The van der Waals surface area contributed by atoms with Crippen LogP contribution >= 0.6 is 11.6 Å². The Bertz CT molecular complexity index is 877. The van der Waals surface area contributed by atoms with Crippen LogP contribution in [0.25, 0.3) is 0 Å². The van der Waals surface area contributed by atoms with Crippen molar-refractivity contribution in [2.24, 2.45) is 0 Å². The molecule has 0 aliphatic carbocycles. The quantitative estimate of drug-likeness (QED) is 0.772. The first-order valence-electron chi connectivity index (χ1n) is 8.14. The fourth-order valence-corrected chi connectivity index (χ4v) is 4.07. The number of amides is 1. The summed E-state index contributed by atoms with van der Waals surface area (Å²) in [4.78, 5) is 18.5. The van der Waals surface area contributed by atoms with Crippen molar-refractivity contribution in [3.05, 3.63) is 53.7 Å². The third-order valence-electron chi connectivity index (χ3n) is 4.06. The summed E-state index contributed by atoms with van der Waals surface area (Å²) in [5.41, 5.74) is 0. The largest absolute Gasteiger partial charge is 0.354 e. The van der Waals surface area contributed by atoms with Crippen LogP contribution in [0.2, 0.25) is 5.02 Å². The van der Waals surface area contributed by atoms with E-state index in [-0.39, 0.29) is 23.4 Å². The van der Waals surface area contributed by atoms with E-state index in [9.17, 15) is 13.2 Å². The average Bonchev–Trinajstić information content (AvgIpc) is 3.09. The van der Waals surface area contributed by atoms with Crippen molar-refractivity contribution in [2.45, 2.75) is 17.4 Å². The molecule has 2 N–H and O–H groups in total. The number of aromatic nitrogens is 1. The molecule has 1 aromatic heterocycles. The Kier molecular flexibility index (Phi) is 5.75. The summed E-state index contributed by atoms with van der Waals surface area (Å²) in [6, 6.07) is 11.5. The van der Waals surface area contributed by atoms with Gasteiger partial charge in [0.1, 0.15) is 5.82 Å². The fourth-order valence-electron chi connectivity index (χ4n) is 2.78. The second kappa shape index (κ2) is 8.03. The first-order chi connectivity index (χ1) is 12.4. The molecular formula is C17H19ClN4O3S. The van der Waals surface area contributed by atoms with Crippen molar-refractivity contribution < 1.29 is 13.2 Å². The summed E-state index contributed by atoms with van der Waals surface area (Å²) in [6.45, 7) is 1.11. The van der Waals surface area contributed by atoms with Crippen LogP contribution in [0.15, 0.2) is 53.6 Å². The first-order valence-corrected chi connectivity index (χ1v) is 10.0. The van der Waals surface area contributed by atoms with E-state index in [2.05, 4.69) is 19.9 Å². The second-order valence-electron chi connectivity index (χ2n) is 5.97. The molecule has 9 heteroatoms. The Labute approximate surface area is 157 Å². The van der Waals surface area contributed by atoms with Gasteiger partial charge < -0.3 is 10.2 Å². The van der Waals surface area contributed by atoms with E-state index in [4.69, 9.17) is 11.6 Å². The van der Waals surface area contributed by atoms with E-state index in [1.165, 1.54) is 12.1 Å². The van der Waals surface area contributed by atoms with Gasteiger partial charge in [0, 0.05) is 30.4 Å². The van der Waals surface area contributed by atoms with Crippen molar-refractivity contribution in [2.75, 3.05) is 24.5 Å². The number of carbonyl (C=O) groups excluding carboxylic acids is 1. The van der Waals surface area contributed by atoms with E-state index in [1.54, 1.807) is 18.3 Å². The van der Waals surface area contributed by atoms with E-state index in [0.717, 1.165) is 18.8 Å². The number of hydrogen-bond donors (Lipinski definition) is 2. The number of anilines is 1. The van der Waals surface area contributed by atoms with Crippen LogP contribution in [0, 0.1) is 0 Å². The van der Waals surface area contributed by atoms with Gasteiger partial charge in [-0.3, -0.25) is 4.79 Å². The number of pyridine rings is 1. The Hall–Kier alpha value is -2.16. The number of nitrogens with one attached hydrogen (secondary N) is 2. The molecule has 7 nitrogen and oxygen atoms in total. The van der Waals surface area contributed by atoms with Crippen LogP contribution in [0.5, 0.6) is 0 Å². The molecular weight excluding hydrogens is 376 g/mol. The highest BCUT2D eigenvalue weighted by Gasteiger charge is 2.25. The minimum absolute atomic E-state index is 0.0278. The highest BCUT2D eigenvalue weighted by atomic mass is 35.5. The monoisotopic (exact) mass is 394 g/mol. The normalized spacial score (nSPS) is 17.3. The molecule has 3 rings (SSSR count). The maximum atomic E-state index is 12.2. The molecule has 0 saturated carbocycles. The third kappa shape index (κ3) is 4.72. The fraction of sp³-hybridized carbons (Fsp3) is 0.294. The van der Waals surface area contributed by atoms with E-state index < -0.39 is 10.0 Å². The topological polar surface area (TPSA) is 91.4 Å². The van der Waals surface area contributed by atoms with Gasteiger partial charge in [-0.15, -0.1) is 0 Å². The predicted octanol–water partition coefficient (Wildman–Crippen LogP) is 1.41. The predicted molar refractivity (Wildman–Crippen MR) is 99.6 cm³/mol. The number of rotatable bonds is 6. The van der Waals surface area contributed by atoms with E-state index in [1.807, 2.05) is 18.2 Å². The van der Waals surface area contributed by atoms with Gasteiger partial charge in [0.15, 0.2) is 0 Å². The molecule has 26 heavy (non-hydrogen) atoms. The van der Waals surface area contributed by atoms with Gasteiger partial charge in [0.05, 0.1) is 11.4 Å². The van der Waals surface area contributed by atoms with Gasteiger partial charge in [-0.2, -0.15) is 0 Å². The number of nitrogens with zero attached hydrogens (tertiary/aromatic N) is 2. The summed E-state index contributed by atoms with van der Waals surface area (Å²) in [7, 11) is -3.78. The molecule has 1 aliphatic rings. The highest BCUT2D eigenvalue weighted by molar-refractivity contribution is 7.89. The number of halogens is 1. The lowest BCUT2D eigenvalue weighted by Crippen LogP contribution is -2.43. The minimum Gasteiger partial charge on any atom is -0.354 e. The maximum Gasteiger partial charge on any atom is 0.241 e. The molecule has 0 bridgehead atoms. The number of sulfonamides is 1. The van der Waals surface area contributed by atoms with Gasteiger partial charge >= 0.3 is 0 Å². The van der Waals surface area contributed by atoms with Crippen molar-refractivity contribution in [3.8, 4) is 0 Å². The molecule has 1 aromatic carbocycles. The molecule has 1 saturated heterocycles. The summed E-state index contributed by atoms with van der Waals surface area (Å²) in [6.07, 6.45) is 2.51. The molecule has 1 amide bonds. The van der Waals surface area contributed by atoms with E-state index in [0.29, 0.717) is 11.6 Å². The lowest BCUT2D eigenvalue weighted by atomic mass is 10.2.